The second-order valence-electron chi connectivity index (χ2n) is 5.78. The van der Waals surface area contributed by atoms with E-state index in [-0.39, 0.29) is 5.11 Å². The summed E-state index contributed by atoms with van der Waals surface area (Å²) in [5.74, 6) is -0.000718. The quantitative estimate of drug-likeness (QED) is 0.500. The highest BCUT2D eigenvalue weighted by Gasteiger charge is 2.30. The van der Waals surface area contributed by atoms with Gasteiger partial charge in [0, 0.05) is 10.7 Å². The third kappa shape index (κ3) is 5.56. The molecule has 2 unspecified atom stereocenters. The minimum absolute atomic E-state index is 0.170. The first-order chi connectivity index (χ1) is 12.8. The minimum atomic E-state index is -1.17. The number of esters is 1. The number of aliphatic hydroxyl groups is 1. The average molecular weight is 409 g/mol. The maximum atomic E-state index is 12.2. The Kier molecular flexibility index (Phi) is 7.41. The zero-order valence-corrected chi connectivity index (χ0v) is 16.7. The van der Waals surface area contributed by atoms with E-state index in [1.807, 2.05) is 6.92 Å². The summed E-state index contributed by atoms with van der Waals surface area (Å²) in [6, 6.07) is 10.9. The normalized spacial score (nSPS) is 12.6. The fourth-order valence-corrected chi connectivity index (χ4v) is 2.92. The number of benzene rings is 2. The van der Waals surface area contributed by atoms with E-state index in [4.69, 9.17) is 33.3 Å². The van der Waals surface area contributed by atoms with Crippen LogP contribution in [0.2, 0.25) is 5.02 Å². The van der Waals surface area contributed by atoms with Gasteiger partial charge in [0.25, 0.3) is 0 Å². The lowest BCUT2D eigenvalue weighted by atomic mass is 10.0. The number of halogens is 1. The SMILES string of the molecule is COC(=O)C(NC(=S)Nc1ccc(Cl)cc1C)C(O)c1ccc(OC)cc1. The van der Waals surface area contributed by atoms with Gasteiger partial charge in [-0.25, -0.2) is 4.79 Å². The Balaban J connectivity index is 2.15. The number of hydrogen-bond donors (Lipinski definition) is 3. The summed E-state index contributed by atoms with van der Waals surface area (Å²) in [6.45, 7) is 1.88. The standard InChI is InChI=1S/C19H21ClN2O4S/c1-11-10-13(20)6-9-15(11)21-19(27)22-16(18(24)26-3)17(23)12-4-7-14(25-2)8-5-12/h4-10,16-17,23H,1-3H3,(H2,21,22,27). The van der Waals surface area contributed by atoms with Crippen molar-refractivity contribution < 1.29 is 19.4 Å². The topological polar surface area (TPSA) is 79.8 Å². The van der Waals surface area contributed by atoms with Crippen molar-refractivity contribution in [1.29, 1.82) is 0 Å². The minimum Gasteiger partial charge on any atom is -0.497 e. The summed E-state index contributed by atoms with van der Waals surface area (Å²) < 4.78 is 9.90. The number of aliphatic hydroxyl groups excluding tert-OH is 1. The maximum absolute atomic E-state index is 12.2. The van der Waals surface area contributed by atoms with Gasteiger partial charge in [0.1, 0.15) is 11.9 Å². The second kappa shape index (κ2) is 9.55. The summed E-state index contributed by atoms with van der Waals surface area (Å²) in [7, 11) is 2.80. The molecule has 2 rings (SSSR count). The summed E-state index contributed by atoms with van der Waals surface area (Å²) in [5.41, 5.74) is 2.14. The zero-order valence-electron chi connectivity index (χ0n) is 15.2. The van der Waals surface area contributed by atoms with Gasteiger partial charge < -0.3 is 25.2 Å². The highest BCUT2D eigenvalue weighted by Crippen LogP contribution is 2.22. The first-order valence-electron chi connectivity index (χ1n) is 8.09. The van der Waals surface area contributed by atoms with E-state index in [0.717, 1.165) is 11.3 Å². The molecule has 2 atom stereocenters. The molecule has 8 heteroatoms. The van der Waals surface area contributed by atoms with Gasteiger partial charge in [-0.1, -0.05) is 23.7 Å². The average Bonchev–Trinajstić information content (AvgIpc) is 2.67. The van der Waals surface area contributed by atoms with E-state index in [1.165, 1.54) is 7.11 Å². The molecule has 0 bridgehead atoms. The Bertz CT molecular complexity index is 814. The maximum Gasteiger partial charge on any atom is 0.331 e. The molecule has 0 saturated carbocycles. The molecule has 0 amide bonds. The third-order valence-corrected chi connectivity index (χ3v) is 4.41. The van der Waals surface area contributed by atoms with Crippen LogP contribution < -0.4 is 15.4 Å². The molecule has 0 heterocycles. The number of aryl methyl sites for hydroxylation is 1. The highest BCUT2D eigenvalue weighted by molar-refractivity contribution is 7.80. The Hall–Kier alpha value is -2.35. The molecular weight excluding hydrogens is 388 g/mol. The number of rotatable bonds is 6. The van der Waals surface area contributed by atoms with E-state index >= 15 is 0 Å². The predicted octanol–water partition coefficient (Wildman–Crippen LogP) is 3.22. The monoisotopic (exact) mass is 408 g/mol. The molecule has 6 nitrogen and oxygen atoms in total. The van der Waals surface area contributed by atoms with E-state index < -0.39 is 18.1 Å². The molecule has 0 aliphatic heterocycles. The van der Waals surface area contributed by atoms with Gasteiger partial charge in [-0.15, -0.1) is 0 Å². The molecule has 2 aromatic rings. The van der Waals surface area contributed by atoms with E-state index in [0.29, 0.717) is 16.3 Å². The van der Waals surface area contributed by atoms with E-state index in [2.05, 4.69) is 10.6 Å². The lowest BCUT2D eigenvalue weighted by molar-refractivity contribution is -0.145. The van der Waals surface area contributed by atoms with Crippen molar-refractivity contribution in [3.8, 4) is 5.75 Å². The van der Waals surface area contributed by atoms with E-state index in [1.54, 1.807) is 49.6 Å². The van der Waals surface area contributed by atoms with Gasteiger partial charge >= 0.3 is 5.97 Å². The van der Waals surface area contributed by atoms with Gasteiger partial charge in [0.05, 0.1) is 14.2 Å². The molecule has 2 aromatic carbocycles. The second-order valence-corrected chi connectivity index (χ2v) is 6.62. The number of ether oxygens (including phenoxy) is 2. The summed E-state index contributed by atoms with van der Waals surface area (Å²) in [5, 5.41) is 17.2. The Morgan fingerprint density at radius 2 is 1.85 bits per heavy atom. The summed E-state index contributed by atoms with van der Waals surface area (Å²) in [4.78, 5) is 12.2. The van der Waals surface area contributed by atoms with Crippen LogP contribution in [0.15, 0.2) is 42.5 Å². The summed E-state index contributed by atoms with van der Waals surface area (Å²) >= 11 is 11.2. The predicted molar refractivity (Wildman–Crippen MR) is 109 cm³/mol. The van der Waals surface area contributed by atoms with Gasteiger partial charge in [0.15, 0.2) is 11.2 Å². The third-order valence-electron chi connectivity index (χ3n) is 3.95. The molecule has 0 aliphatic rings. The number of nitrogens with one attached hydrogen (secondary N) is 2. The number of methoxy groups -OCH3 is 2. The first-order valence-corrected chi connectivity index (χ1v) is 8.88. The fraction of sp³-hybridized carbons (Fsp3) is 0.263. The molecule has 0 radical (unpaired) electrons. The van der Waals surface area contributed by atoms with Crippen LogP contribution in [0.25, 0.3) is 0 Å². The van der Waals surface area contributed by atoms with Gasteiger partial charge in [-0.05, 0) is 60.6 Å². The van der Waals surface area contributed by atoms with Crippen LogP contribution in [-0.2, 0) is 9.53 Å². The highest BCUT2D eigenvalue weighted by atomic mass is 35.5. The lowest BCUT2D eigenvalue weighted by Gasteiger charge is -2.24. The largest absolute Gasteiger partial charge is 0.497 e. The van der Waals surface area contributed by atoms with Crippen LogP contribution in [0.4, 0.5) is 5.69 Å². The van der Waals surface area contributed by atoms with Gasteiger partial charge in [-0.3, -0.25) is 0 Å². The lowest BCUT2D eigenvalue weighted by Crippen LogP contribution is -2.47. The Labute approximate surface area is 168 Å². The molecule has 0 spiro atoms. The van der Waals surface area contributed by atoms with Crippen LogP contribution in [-0.4, -0.2) is 36.4 Å². The van der Waals surface area contributed by atoms with Gasteiger partial charge in [-0.2, -0.15) is 0 Å². The van der Waals surface area contributed by atoms with Crippen molar-refractivity contribution in [2.24, 2.45) is 0 Å². The zero-order chi connectivity index (χ0) is 20.0. The number of carbonyl (C=O) groups is 1. The van der Waals surface area contributed by atoms with Crippen molar-refractivity contribution in [3.63, 3.8) is 0 Å². The van der Waals surface area contributed by atoms with Crippen LogP contribution in [0.1, 0.15) is 17.2 Å². The van der Waals surface area contributed by atoms with Gasteiger partial charge in [0.2, 0.25) is 0 Å². The fourth-order valence-electron chi connectivity index (χ4n) is 2.45. The molecule has 0 aliphatic carbocycles. The van der Waals surface area contributed by atoms with Crippen molar-refractivity contribution >= 4 is 40.6 Å². The molecule has 0 saturated heterocycles. The smallest absolute Gasteiger partial charge is 0.331 e. The number of hydrogen-bond acceptors (Lipinski definition) is 5. The molecule has 27 heavy (non-hydrogen) atoms. The molecule has 0 fully saturated rings. The molecule has 0 aromatic heterocycles. The molecular formula is C19H21ClN2O4S. The Morgan fingerprint density at radius 1 is 1.19 bits per heavy atom. The molecule has 3 N–H and O–H groups in total. The number of thiocarbonyl (C=S) groups is 1. The van der Waals surface area contributed by atoms with Crippen LogP contribution in [0.3, 0.4) is 0 Å². The Morgan fingerprint density at radius 3 is 2.41 bits per heavy atom. The first kappa shape index (κ1) is 21.0. The van der Waals surface area contributed by atoms with Crippen molar-refractivity contribution in [2.75, 3.05) is 19.5 Å². The van der Waals surface area contributed by atoms with Crippen LogP contribution in [0, 0.1) is 6.92 Å². The number of carbonyl (C=O) groups excluding carboxylic acids is 1. The van der Waals surface area contributed by atoms with Crippen molar-refractivity contribution in [1.82, 2.24) is 5.32 Å². The van der Waals surface area contributed by atoms with Crippen LogP contribution >= 0.6 is 23.8 Å². The van der Waals surface area contributed by atoms with Crippen LogP contribution in [0.5, 0.6) is 5.75 Å². The summed E-state index contributed by atoms with van der Waals surface area (Å²) in [6.07, 6.45) is -1.17. The van der Waals surface area contributed by atoms with Crippen molar-refractivity contribution in [3.05, 3.63) is 58.6 Å². The van der Waals surface area contributed by atoms with Crippen molar-refractivity contribution in [2.45, 2.75) is 19.1 Å². The molecule has 144 valence electrons. The number of anilines is 1. The van der Waals surface area contributed by atoms with E-state index in [9.17, 15) is 9.90 Å².